The molecule has 30 heavy (non-hydrogen) atoms. The van der Waals surface area contributed by atoms with Crippen LogP contribution in [-0.2, 0) is 9.59 Å². The molecule has 0 unspecified atom stereocenters. The summed E-state index contributed by atoms with van der Waals surface area (Å²) in [6.45, 7) is 6.70. The number of nitrogens with one attached hydrogen (secondary N) is 2. The van der Waals surface area contributed by atoms with Gasteiger partial charge in [-0.15, -0.1) is 0 Å². The average molecular weight is 428 g/mol. The van der Waals surface area contributed by atoms with Gasteiger partial charge in [0.05, 0.1) is 17.2 Å². The number of para-hydroxylation sites is 1. The number of nitrogens with zero attached hydrogens (tertiary/aromatic N) is 1. The Morgan fingerprint density at radius 2 is 1.90 bits per heavy atom. The smallest absolute Gasteiger partial charge is 0.253 e. The Morgan fingerprint density at radius 1 is 1.17 bits per heavy atom. The first kappa shape index (κ1) is 21.8. The first-order valence-electron chi connectivity index (χ1n) is 10.0. The molecular weight excluding hydrogens is 402 g/mol. The Balaban J connectivity index is 1.72. The zero-order valence-electron chi connectivity index (χ0n) is 17.4. The van der Waals surface area contributed by atoms with Crippen molar-refractivity contribution in [1.82, 2.24) is 5.32 Å². The number of anilines is 2. The van der Waals surface area contributed by atoms with Gasteiger partial charge in [-0.2, -0.15) is 0 Å². The molecule has 2 N–H and O–H groups in total. The number of benzene rings is 2. The van der Waals surface area contributed by atoms with E-state index in [0.717, 1.165) is 11.3 Å². The third kappa shape index (κ3) is 4.82. The molecule has 0 aromatic heterocycles. The molecule has 1 saturated heterocycles. The van der Waals surface area contributed by atoms with E-state index in [1.807, 2.05) is 26.8 Å². The van der Waals surface area contributed by atoms with E-state index in [1.54, 1.807) is 41.3 Å². The summed E-state index contributed by atoms with van der Waals surface area (Å²) in [5.74, 6) is -0.833. The Labute approximate surface area is 181 Å². The molecule has 6 nitrogen and oxygen atoms in total. The highest BCUT2D eigenvalue weighted by Crippen LogP contribution is 2.32. The minimum Gasteiger partial charge on any atom is -0.352 e. The van der Waals surface area contributed by atoms with E-state index < -0.39 is 5.92 Å². The molecule has 0 radical (unpaired) electrons. The van der Waals surface area contributed by atoms with Crippen molar-refractivity contribution in [1.29, 1.82) is 0 Å². The van der Waals surface area contributed by atoms with Gasteiger partial charge in [0.25, 0.3) is 5.91 Å². The molecule has 2 aromatic carbocycles. The summed E-state index contributed by atoms with van der Waals surface area (Å²) >= 11 is 6.18. The second-order valence-electron chi connectivity index (χ2n) is 7.93. The number of halogens is 1. The molecule has 0 spiro atoms. The second kappa shape index (κ2) is 9.30. The molecule has 3 rings (SSSR count). The Bertz CT molecular complexity index is 974. The van der Waals surface area contributed by atoms with Gasteiger partial charge in [0.2, 0.25) is 11.8 Å². The van der Waals surface area contributed by atoms with E-state index >= 15 is 0 Å². The Kier molecular flexibility index (Phi) is 6.77. The number of carbonyl (C=O) groups excluding carboxylic acids is 3. The van der Waals surface area contributed by atoms with Crippen molar-refractivity contribution in [2.24, 2.45) is 11.8 Å². The number of rotatable bonds is 6. The summed E-state index contributed by atoms with van der Waals surface area (Å²) in [4.78, 5) is 39.5. The van der Waals surface area contributed by atoms with Crippen LogP contribution in [0.1, 0.15) is 36.2 Å². The molecule has 1 fully saturated rings. The van der Waals surface area contributed by atoms with Crippen LogP contribution < -0.4 is 15.5 Å². The van der Waals surface area contributed by atoms with E-state index in [2.05, 4.69) is 10.6 Å². The van der Waals surface area contributed by atoms with Crippen molar-refractivity contribution in [3.8, 4) is 0 Å². The molecule has 1 aliphatic rings. The largest absolute Gasteiger partial charge is 0.352 e. The lowest BCUT2D eigenvalue weighted by atomic mass is 10.1. The van der Waals surface area contributed by atoms with Gasteiger partial charge < -0.3 is 15.5 Å². The van der Waals surface area contributed by atoms with E-state index in [4.69, 9.17) is 11.6 Å². The van der Waals surface area contributed by atoms with Crippen LogP contribution in [0.15, 0.2) is 42.5 Å². The van der Waals surface area contributed by atoms with E-state index in [9.17, 15) is 14.4 Å². The van der Waals surface area contributed by atoms with Gasteiger partial charge in [-0.1, -0.05) is 43.6 Å². The molecule has 0 aliphatic carbocycles. The molecule has 158 valence electrons. The SMILES string of the molecule is Cc1c(Cl)cccc1N1C[C@@H](C(=O)Nc2ccccc2C(=O)NCC(C)C)CC1=O. The second-order valence-corrected chi connectivity index (χ2v) is 8.34. The van der Waals surface area contributed by atoms with Crippen LogP contribution in [0.3, 0.4) is 0 Å². The summed E-state index contributed by atoms with van der Waals surface area (Å²) < 4.78 is 0. The van der Waals surface area contributed by atoms with Crippen molar-refractivity contribution in [3.05, 3.63) is 58.6 Å². The summed E-state index contributed by atoms with van der Waals surface area (Å²) in [5, 5.41) is 6.28. The predicted octanol–water partition coefficient (Wildman–Crippen LogP) is 4.03. The van der Waals surface area contributed by atoms with Crippen LogP contribution in [-0.4, -0.2) is 30.8 Å². The number of hydrogen-bond donors (Lipinski definition) is 2. The highest BCUT2D eigenvalue weighted by atomic mass is 35.5. The summed E-state index contributed by atoms with van der Waals surface area (Å²) in [6.07, 6.45) is 0.111. The number of carbonyl (C=O) groups is 3. The topological polar surface area (TPSA) is 78.5 Å². The van der Waals surface area contributed by atoms with Gasteiger partial charge in [-0.05, 0) is 42.7 Å². The average Bonchev–Trinajstić information content (AvgIpc) is 3.10. The van der Waals surface area contributed by atoms with E-state index in [-0.39, 0.29) is 30.7 Å². The zero-order valence-corrected chi connectivity index (χ0v) is 18.1. The fourth-order valence-corrected chi connectivity index (χ4v) is 3.59. The van der Waals surface area contributed by atoms with Gasteiger partial charge in [-0.3, -0.25) is 14.4 Å². The maximum absolute atomic E-state index is 12.9. The van der Waals surface area contributed by atoms with Crippen LogP contribution in [0.25, 0.3) is 0 Å². The molecule has 1 atom stereocenters. The molecule has 0 bridgehead atoms. The van der Waals surface area contributed by atoms with Crippen LogP contribution >= 0.6 is 11.6 Å². The molecule has 0 saturated carbocycles. The lowest BCUT2D eigenvalue weighted by molar-refractivity contribution is -0.122. The highest BCUT2D eigenvalue weighted by Gasteiger charge is 2.36. The third-order valence-corrected chi connectivity index (χ3v) is 5.54. The minimum absolute atomic E-state index is 0.111. The Morgan fingerprint density at radius 3 is 2.63 bits per heavy atom. The lowest BCUT2D eigenvalue weighted by Gasteiger charge is -2.20. The summed E-state index contributed by atoms with van der Waals surface area (Å²) in [7, 11) is 0. The molecule has 2 aromatic rings. The first-order valence-corrected chi connectivity index (χ1v) is 10.4. The van der Waals surface area contributed by atoms with Gasteiger partial charge in [-0.25, -0.2) is 0 Å². The number of hydrogen-bond acceptors (Lipinski definition) is 3. The van der Waals surface area contributed by atoms with E-state index in [1.165, 1.54) is 0 Å². The fourth-order valence-electron chi connectivity index (χ4n) is 3.42. The van der Waals surface area contributed by atoms with Crippen molar-refractivity contribution >= 4 is 40.7 Å². The lowest BCUT2D eigenvalue weighted by Crippen LogP contribution is -2.30. The van der Waals surface area contributed by atoms with Crippen LogP contribution in [0, 0.1) is 18.8 Å². The van der Waals surface area contributed by atoms with Gasteiger partial charge in [0, 0.05) is 30.2 Å². The predicted molar refractivity (Wildman–Crippen MR) is 119 cm³/mol. The van der Waals surface area contributed by atoms with Gasteiger partial charge >= 0.3 is 0 Å². The highest BCUT2D eigenvalue weighted by molar-refractivity contribution is 6.31. The number of amides is 3. The molecule has 7 heteroatoms. The molecule has 1 heterocycles. The summed E-state index contributed by atoms with van der Waals surface area (Å²) in [6, 6.07) is 12.3. The van der Waals surface area contributed by atoms with Gasteiger partial charge in [0.1, 0.15) is 0 Å². The quantitative estimate of drug-likeness (QED) is 0.730. The standard InChI is InChI=1S/C23H26ClN3O3/c1-14(2)12-25-23(30)17-7-4-5-9-19(17)26-22(29)16-11-21(28)27(13-16)20-10-6-8-18(24)15(20)3/h4-10,14,16H,11-13H2,1-3H3,(H,25,30)(H,26,29)/t16-/m0/s1. The monoisotopic (exact) mass is 427 g/mol. The maximum atomic E-state index is 12.9. The van der Waals surface area contributed by atoms with Crippen molar-refractivity contribution in [2.45, 2.75) is 27.2 Å². The first-order chi connectivity index (χ1) is 14.3. The minimum atomic E-state index is -0.511. The molecule has 3 amide bonds. The normalized spacial score (nSPS) is 16.1. The van der Waals surface area contributed by atoms with Crippen molar-refractivity contribution in [3.63, 3.8) is 0 Å². The summed E-state index contributed by atoms with van der Waals surface area (Å²) in [5.41, 5.74) is 2.36. The van der Waals surface area contributed by atoms with E-state index in [0.29, 0.717) is 28.7 Å². The maximum Gasteiger partial charge on any atom is 0.253 e. The van der Waals surface area contributed by atoms with Crippen LogP contribution in [0.2, 0.25) is 5.02 Å². The molecule has 1 aliphatic heterocycles. The fraction of sp³-hybridized carbons (Fsp3) is 0.348. The zero-order chi connectivity index (χ0) is 21.8. The van der Waals surface area contributed by atoms with Crippen molar-refractivity contribution < 1.29 is 14.4 Å². The third-order valence-electron chi connectivity index (χ3n) is 5.13. The van der Waals surface area contributed by atoms with Crippen LogP contribution in [0.5, 0.6) is 0 Å². The van der Waals surface area contributed by atoms with Gasteiger partial charge in [0.15, 0.2) is 0 Å². The molecular formula is C23H26ClN3O3. The Hall–Kier alpha value is -2.86. The van der Waals surface area contributed by atoms with Crippen LogP contribution in [0.4, 0.5) is 11.4 Å². The van der Waals surface area contributed by atoms with Crippen molar-refractivity contribution in [2.75, 3.05) is 23.3 Å².